The lowest BCUT2D eigenvalue weighted by Crippen LogP contribution is -2.36. The number of aryl methyl sites for hydroxylation is 1. The molecule has 1 aliphatic rings. The Labute approximate surface area is 189 Å². The van der Waals surface area contributed by atoms with Gasteiger partial charge in [-0.25, -0.2) is 9.50 Å². The normalized spacial score (nSPS) is 14.6. The van der Waals surface area contributed by atoms with Gasteiger partial charge in [0.1, 0.15) is 0 Å². The maximum atomic E-state index is 13.1. The summed E-state index contributed by atoms with van der Waals surface area (Å²) >= 11 is 6.03. The number of carbonyl (C=O) groups excluding carboxylic acids is 1. The van der Waals surface area contributed by atoms with E-state index in [1.807, 2.05) is 19.3 Å². The average molecular weight is 451 g/mol. The predicted octanol–water partition coefficient (Wildman–Crippen LogP) is 3.98. The molecule has 4 aromatic rings. The minimum atomic E-state index is -0.132. The van der Waals surface area contributed by atoms with Crippen LogP contribution in [0, 0.1) is 0 Å². The van der Waals surface area contributed by atoms with Gasteiger partial charge in [-0.05, 0) is 18.9 Å². The van der Waals surface area contributed by atoms with Crippen LogP contribution in [-0.2, 0) is 7.05 Å². The Balaban J connectivity index is 1.51. The summed E-state index contributed by atoms with van der Waals surface area (Å²) in [5.74, 6) is -0.132. The van der Waals surface area contributed by atoms with Crippen molar-refractivity contribution in [2.45, 2.75) is 38.1 Å². The highest BCUT2D eigenvalue weighted by atomic mass is 35.5. The average Bonchev–Trinajstić information content (AvgIpc) is 3.39. The maximum absolute atomic E-state index is 13.1. The van der Waals surface area contributed by atoms with Gasteiger partial charge in [-0.3, -0.25) is 14.5 Å². The van der Waals surface area contributed by atoms with Crippen molar-refractivity contribution < 1.29 is 4.79 Å². The van der Waals surface area contributed by atoms with E-state index in [0.717, 1.165) is 36.9 Å². The fourth-order valence-corrected chi connectivity index (χ4v) is 4.21. The number of hydrogen-bond acceptors (Lipinski definition) is 6. The quantitative estimate of drug-likeness (QED) is 0.476. The van der Waals surface area contributed by atoms with Crippen molar-refractivity contribution in [2.75, 3.05) is 5.32 Å². The summed E-state index contributed by atoms with van der Waals surface area (Å²) < 4.78 is 3.31. The van der Waals surface area contributed by atoms with Crippen LogP contribution in [0.1, 0.15) is 42.5 Å². The molecule has 9 nitrogen and oxygen atoms in total. The number of hydrogen-bond donors (Lipinski definition) is 2. The minimum absolute atomic E-state index is 0.132. The number of fused-ring (bicyclic) bond motifs is 1. The molecule has 5 rings (SSSR count). The van der Waals surface area contributed by atoms with E-state index in [1.54, 1.807) is 40.2 Å². The lowest BCUT2D eigenvalue weighted by Gasteiger charge is -2.23. The van der Waals surface area contributed by atoms with Crippen molar-refractivity contribution >= 4 is 34.5 Å². The largest absolute Gasteiger partial charge is 0.352 e. The Morgan fingerprint density at radius 1 is 1.06 bits per heavy atom. The SMILES string of the molecule is Cn1cc(Nc2cc(-c3cnn4cc(Cl)cnc34)ncc2C(=O)NC2CCCCC2)cn1. The van der Waals surface area contributed by atoms with Gasteiger partial charge in [0, 0.05) is 31.7 Å². The molecule has 0 aliphatic heterocycles. The third-order valence-corrected chi connectivity index (χ3v) is 5.87. The summed E-state index contributed by atoms with van der Waals surface area (Å²) in [6, 6.07) is 2.05. The molecule has 4 aromatic heterocycles. The molecule has 0 aromatic carbocycles. The summed E-state index contributed by atoms with van der Waals surface area (Å²) in [6.45, 7) is 0. The van der Waals surface area contributed by atoms with Gasteiger partial charge in [0.2, 0.25) is 0 Å². The van der Waals surface area contributed by atoms with Crippen LogP contribution in [0.5, 0.6) is 0 Å². The zero-order valence-electron chi connectivity index (χ0n) is 17.6. The molecule has 2 N–H and O–H groups in total. The zero-order chi connectivity index (χ0) is 22.1. The van der Waals surface area contributed by atoms with Crippen LogP contribution in [-0.4, -0.2) is 41.3 Å². The van der Waals surface area contributed by atoms with Crippen LogP contribution >= 0.6 is 11.6 Å². The lowest BCUT2D eigenvalue weighted by molar-refractivity contribution is 0.0928. The van der Waals surface area contributed by atoms with E-state index in [0.29, 0.717) is 27.6 Å². The Kier molecular flexibility index (Phi) is 5.48. The first-order valence-electron chi connectivity index (χ1n) is 10.6. The van der Waals surface area contributed by atoms with E-state index < -0.39 is 0 Å². The lowest BCUT2D eigenvalue weighted by atomic mass is 9.95. The molecular formula is C22H23ClN8O. The van der Waals surface area contributed by atoms with Gasteiger partial charge in [-0.1, -0.05) is 30.9 Å². The maximum Gasteiger partial charge on any atom is 0.255 e. The van der Waals surface area contributed by atoms with Gasteiger partial charge in [-0.15, -0.1) is 0 Å². The number of anilines is 2. The molecule has 0 atom stereocenters. The zero-order valence-corrected chi connectivity index (χ0v) is 18.4. The molecule has 0 radical (unpaired) electrons. The first kappa shape index (κ1) is 20.4. The Morgan fingerprint density at radius 3 is 2.69 bits per heavy atom. The summed E-state index contributed by atoms with van der Waals surface area (Å²) in [7, 11) is 1.84. The first-order valence-corrected chi connectivity index (χ1v) is 11.0. The molecule has 0 saturated heterocycles. The number of aromatic nitrogens is 6. The van der Waals surface area contributed by atoms with Crippen LogP contribution in [0.3, 0.4) is 0 Å². The van der Waals surface area contributed by atoms with E-state index in [-0.39, 0.29) is 11.9 Å². The standard InChI is InChI=1S/C22H23ClN8O/c1-30-13-16(9-26-30)28-20-7-19(17-11-27-31-12-14(23)8-25-21(17)31)24-10-18(20)22(32)29-15-5-3-2-4-6-15/h7-13,15H,2-6H2,1H3,(H,24,28)(H,29,32). The van der Waals surface area contributed by atoms with Gasteiger partial charge in [-0.2, -0.15) is 10.2 Å². The van der Waals surface area contributed by atoms with Crippen molar-refractivity contribution in [3.63, 3.8) is 0 Å². The van der Waals surface area contributed by atoms with Gasteiger partial charge in [0.15, 0.2) is 5.65 Å². The van der Waals surface area contributed by atoms with Crippen molar-refractivity contribution in [3.8, 4) is 11.3 Å². The number of nitrogens with zero attached hydrogens (tertiary/aromatic N) is 6. The Hall–Kier alpha value is -3.46. The van der Waals surface area contributed by atoms with Gasteiger partial charge in [0.05, 0.1) is 51.8 Å². The highest BCUT2D eigenvalue weighted by Gasteiger charge is 2.21. The van der Waals surface area contributed by atoms with Crippen molar-refractivity contribution in [2.24, 2.45) is 7.05 Å². The minimum Gasteiger partial charge on any atom is -0.352 e. The van der Waals surface area contributed by atoms with E-state index in [4.69, 9.17) is 11.6 Å². The number of pyridine rings is 1. The second-order valence-electron chi connectivity index (χ2n) is 8.05. The number of nitrogens with one attached hydrogen (secondary N) is 2. The summed E-state index contributed by atoms with van der Waals surface area (Å²) in [4.78, 5) is 22.1. The van der Waals surface area contributed by atoms with Crippen LogP contribution in [0.15, 0.2) is 43.2 Å². The first-order chi connectivity index (χ1) is 15.6. The van der Waals surface area contributed by atoms with Crippen LogP contribution in [0.4, 0.5) is 11.4 Å². The molecule has 164 valence electrons. The third kappa shape index (κ3) is 4.16. The fraction of sp³-hybridized carbons (Fsp3) is 0.318. The van der Waals surface area contributed by atoms with Crippen molar-refractivity contribution in [1.29, 1.82) is 0 Å². The van der Waals surface area contributed by atoms with Crippen LogP contribution < -0.4 is 10.6 Å². The molecule has 1 saturated carbocycles. The highest BCUT2D eigenvalue weighted by molar-refractivity contribution is 6.30. The number of carbonyl (C=O) groups is 1. The molecule has 10 heteroatoms. The molecule has 32 heavy (non-hydrogen) atoms. The Morgan fingerprint density at radius 2 is 1.91 bits per heavy atom. The van der Waals surface area contributed by atoms with Crippen molar-refractivity contribution in [1.82, 2.24) is 34.7 Å². The molecule has 1 fully saturated rings. The summed E-state index contributed by atoms with van der Waals surface area (Å²) in [5.41, 5.74) is 3.93. The Bertz CT molecular complexity index is 1270. The number of halogens is 1. The summed E-state index contributed by atoms with van der Waals surface area (Å²) in [6.07, 6.45) is 15.7. The molecule has 0 bridgehead atoms. The smallest absolute Gasteiger partial charge is 0.255 e. The molecular weight excluding hydrogens is 428 g/mol. The monoisotopic (exact) mass is 450 g/mol. The molecule has 4 heterocycles. The second kappa shape index (κ2) is 8.58. The number of amides is 1. The third-order valence-electron chi connectivity index (χ3n) is 5.67. The van der Waals surface area contributed by atoms with Gasteiger partial charge in [0.25, 0.3) is 5.91 Å². The van der Waals surface area contributed by atoms with Gasteiger partial charge < -0.3 is 10.6 Å². The number of rotatable bonds is 5. The van der Waals surface area contributed by atoms with E-state index in [2.05, 4.69) is 30.8 Å². The van der Waals surface area contributed by atoms with Gasteiger partial charge >= 0.3 is 0 Å². The molecule has 1 aliphatic carbocycles. The van der Waals surface area contributed by atoms with Crippen molar-refractivity contribution in [3.05, 3.63) is 53.8 Å². The molecule has 0 spiro atoms. The van der Waals surface area contributed by atoms with Crippen LogP contribution in [0.25, 0.3) is 16.9 Å². The highest BCUT2D eigenvalue weighted by Crippen LogP contribution is 2.29. The second-order valence-corrected chi connectivity index (χ2v) is 8.49. The van der Waals surface area contributed by atoms with E-state index in [9.17, 15) is 4.79 Å². The predicted molar refractivity (Wildman–Crippen MR) is 122 cm³/mol. The fourth-order valence-electron chi connectivity index (χ4n) is 4.07. The molecule has 0 unspecified atom stereocenters. The summed E-state index contributed by atoms with van der Waals surface area (Å²) in [5, 5.41) is 15.5. The topological polar surface area (TPSA) is 102 Å². The van der Waals surface area contributed by atoms with E-state index >= 15 is 0 Å². The van der Waals surface area contributed by atoms with E-state index in [1.165, 1.54) is 6.42 Å². The van der Waals surface area contributed by atoms with Crippen LogP contribution in [0.2, 0.25) is 5.02 Å². The molecule has 1 amide bonds.